The average Bonchev–Trinajstić information content (AvgIpc) is 2.67. The molecule has 1 amide bonds. The van der Waals surface area contributed by atoms with Crippen LogP contribution in [0.15, 0.2) is 47.5 Å². The number of ether oxygens (including phenoxy) is 1. The maximum Gasteiger partial charge on any atom is 0.255 e. The van der Waals surface area contributed by atoms with Gasteiger partial charge in [-0.15, -0.1) is 24.0 Å². The molecule has 2 aromatic rings. The van der Waals surface area contributed by atoms with Gasteiger partial charge in [-0.2, -0.15) is 0 Å². The molecule has 4 N–H and O–H groups in total. The first kappa shape index (κ1) is 24.6. The van der Waals surface area contributed by atoms with Crippen molar-refractivity contribution in [3.05, 3.63) is 65.2 Å². The van der Waals surface area contributed by atoms with E-state index in [1.165, 1.54) is 6.07 Å². The first-order chi connectivity index (χ1) is 13.5. The standard InChI is InChI=1S/C20H24F2N4O2.HI/c1-2-24-20(25-9-8-15-11-16(21)6-7-18(15)22)26-12-14-4-3-5-17(10-14)28-13-19(23)27;/h3-7,10-11H,2,8-9,12-13H2,1H3,(H2,23,27)(H2,24,25,26);1H. The van der Waals surface area contributed by atoms with Crippen LogP contribution in [0.3, 0.4) is 0 Å². The van der Waals surface area contributed by atoms with Crippen molar-refractivity contribution < 1.29 is 18.3 Å². The fourth-order valence-electron chi connectivity index (χ4n) is 2.45. The molecule has 0 heterocycles. The number of hydrogen-bond acceptors (Lipinski definition) is 3. The van der Waals surface area contributed by atoms with Crippen molar-refractivity contribution in [2.24, 2.45) is 10.7 Å². The van der Waals surface area contributed by atoms with Crippen LogP contribution in [-0.4, -0.2) is 31.6 Å². The summed E-state index contributed by atoms with van der Waals surface area (Å²) in [7, 11) is 0. The second-order valence-corrected chi connectivity index (χ2v) is 6.01. The minimum Gasteiger partial charge on any atom is -0.484 e. The Labute approximate surface area is 185 Å². The van der Waals surface area contributed by atoms with Gasteiger partial charge in [-0.05, 0) is 54.8 Å². The first-order valence-electron chi connectivity index (χ1n) is 8.94. The van der Waals surface area contributed by atoms with Gasteiger partial charge in [0.25, 0.3) is 5.91 Å². The van der Waals surface area contributed by atoms with E-state index in [0.29, 0.717) is 43.3 Å². The largest absolute Gasteiger partial charge is 0.484 e. The zero-order valence-corrected chi connectivity index (χ0v) is 18.4. The molecule has 0 aromatic heterocycles. The molecule has 6 nitrogen and oxygen atoms in total. The number of halogens is 3. The molecule has 0 saturated carbocycles. The van der Waals surface area contributed by atoms with Crippen molar-refractivity contribution in [2.75, 3.05) is 19.7 Å². The van der Waals surface area contributed by atoms with Crippen molar-refractivity contribution in [1.29, 1.82) is 0 Å². The molecule has 0 fully saturated rings. The van der Waals surface area contributed by atoms with Crippen molar-refractivity contribution in [3.63, 3.8) is 0 Å². The highest BCUT2D eigenvalue weighted by molar-refractivity contribution is 14.0. The summed E-state index contributed by atoms with van der Waals surface area (Å²) in [6.07, 6.45) is 0.324. The van der Waals surface area contributed by atoms with E-state index >= 15 is 0 Å². The number of nitrogens with one attached hydrogen (secondary N) is 2. The summed E-state index contributed by atoms with van der Waals surface area (Å²) in [6, 6.07) is 10.6. The molecule has 0 spiro atoms. The molecular weight excluding hydrogens is 493 g/mol. The molecule has 0 aliphatic rings. The number of primary amides is 1. The number of carbonyl (C=O) groups is 1. The molecule has 2 rings (SSSR count). The van der Waals surface area contributed by atoms with Crippen LogP contribution in [0.1, 0.15) is 18.1 Å². The van der Waals surface area contributed by atoms with E-state index in [-0.39, 0.29) is 30.6 Å². The number of amides is 1. The summed E-state index contributed by atoms with van der Waals surface area (Å²) in [5.41, 5.74) is 6.26. The van der Waals surface area contributed by atoms with Crippen LogP contribution in [0, 0.1) is 11.6 Å². The van der Waals surface area contributed by atoms with Gasteiger partial charge in [-0.1, -0.05) is 12.1 Å². The Bertz CT molecular complexity index is 834. The zero-order valence-electron chi connectivity index (χ0n) is 16.1. The lowest BCUT2D eigenvalue weighted by molar-refractivity contribution is -0.119. The zero-order chi connectivity index (χ0) is 20.4. The van der Waals surface area contributed by atoms with Crippen LogP contribution in [0.2, 0.25) is 0 Å². The average molecular weight is 518 g/mol. The minimum atomic E-state index is -0.545. The van der Waals surface area contributed by atoms with Crippen molar-refractivity contribution >= 4 is 35.8 Å². The van der Waals surface area contributed by atoms with Gasteiger partial charge in [-0.3, -0.25) is 4.79 Å². The Morgan fingerprint density at radius 1 is 1.17 bits per heavy atom. The van der Waals surface area contributed by atoms with Crippen LogP contribution in [0.4, 0.5) is 8.78 Å². The van der Waals surface area contributed by atoms with Gasteiger partial charge in [0.2, 0.25) is 0 Å². The number of aliphatic imine (C=N–C) groups is 1. The SMILES string of the molecule is CCNC(=NCc1cccc(OCC(N)=O)c1)NCCc1cc(F)ccc1F.I. The maximum atomic E-state index is 13.7. The van der Waals surface area contributed by atoms with Gasteiger partial charge in [-0.25, -0.2) is 13.8 Å². The van der Waals surface area contributed by atoms with E-state index in [1.54, 1.807) is 18.2 Å². The fourth-order valence-corrected chi connectivity index (χ4v) is 2.45. The number of nitrogens with zero attached hydrogens (tertiary/aromatic N) is 1. The molecule has 0 radical (unpaired) electrons. The van der Waals surface area contributed by atoms with E-state index < -0.39 is 17.5 Å². The molecular formula is C20H25F2IN4O2. The van der Waals surface area contributed by atoms with Crippen LogP contribution in [-0.2, 0) is 17.8 Å². The third-order valence-corrected chi connectivity index (χ3v) is 3.74. The Morgan fingerprint density at radius 2 is 1.97 bits per heavy atom. The molecule has 0 aliphatic carbocycles. The van der Waals surface area contributed by atoms with Gasteiger partial charge in [0.15, 0.2) is 12.6 Å². The van der Waals surface area contributed by atoms with Gasteiger partial charge in [0.05, 0.1) is 6.54 Å². The third-order valence-electron chi connectivity index (χ3n) is 3.74. The quantitative estimate of drug-likeness (QED) is 0.271. The lowest BCUT2D eigenvalue weighted by Gasteiger charge is -2.12. The maximum absolute atomic E-state index is 13.7. The molecule has 0 bridgehead atoms. The Morgan fingerprint density at radius 3 is 2.69 bits per heavy atom. The Hall–Kier alpha value is -2.43. The minimum absolute atomic E-state index is 0. The van der Waals surface area contributed by atoms with Crippen LogP contribution < -0.4 is 21.1 Å². The van der Waals surface area contributed by atoms with Crippen LogP contribution in [0.25, 0.3) is 0 Å². The van der Waals surface area contributed by atoms with Crippen LogP contribution in [0.5, 0.6) is 5.75 Å². The highest BCUT2D eigenvalue weighted by Crippen LogP contribution is 2.14. The van der Waals surface area contributed by atoms with Crippen LogP contribution >= 0.6 is 24.0 Å². The van der Waals surface area contributed by atoms with Gasteiger partial charge >= 0.3 is 0 Å². The molecule has 29 heavy (non-hydrogen) atoms. The van der Waals surface area contributed by atoms with Crippen molar-refractivity contribution in [3.8, 4) is 5.75 Å². The monoisotopic (exact) mass is 518 g/mol. The highest BCUT2D eigenvalue weighted by atomic mass is 127. The summed E-state index contributed by atoms with van der Waals surface area (Å²) in [5.74, 6) is -0.348. The summed E-state index contributed by atoms with van der Waals surface area (Å²) in [5, 5.41) is 6.20. The molecule has 9 heteroatoms. The number of benzene rings is 2. The second-order valence-electron chi connectivity index (χ2n) is 6.01. The number of nitrogens with two attached hydrogens (primary N) is 1. The second kappa shape index (κ2) is 12.9. The van der Waals surface area contributed by atoms with Gasteiger partial charge in [0, 0.05) is 13.1 Å². The lowest BCUT2D eigenvalue weighted by atomic mass is 10.1. The van der Waals surface area contributed by atoms with E-state index in [4.69, 9.17) is 10.5 Å². The van der Waals surface area contributed by atoms with Crippen molar-refractivity contribution in [2.45, 2.75) is 19.9 Å². The van der Waals surface area contributed by atoms with Gasteiger partial charge < -0.3 is 21.1 Å². The highest BCUT2D eigenvalue weighted by Gasteiger charge is 2.05. The molecule has 2 aromatic carbocycles. The Balaban J connectivity index is 0.00000420. The third kappa shape index (κ3) is 9.07. The molecule has 158 valence electrons. The smallest absolute Gasteiger partial charge is 0.255 e. The molecule has 0 unspecified atom stereocenters. The topological polar surface area (TPSA) is 88.7 Å². The summed E-state index contributed by atoms with van der Waals surface area (Å²) >= 11 is 0. The molecule has 0 aliphatic heterocycles. The molecule has 0 saturated heterocycles. The predicted molar refractivity (Wildman–Crippen MR) is 119 cm³/mol. The normalized spacial score (nSPS) is 10.8. The van der Waals surface area contributed by atoms with E-state index in [1.807, 2.05) is 13.0 Å². The van der Waals surface area contributed by atoms with E-state index in [2.05, 4.69) is 15.6 Å². The van der Waals surface area contributed by atoms with Crippen molar-refractivity contribution in [1.82, 2.24) is 10.6 Å². The number of rotatable bonds is 9. The molecule has 0 atom stereocenters. The summed E-state index contributed by atoms with van der Waals surface area (Å²) < 4.78 is 32.2. The fraction of sp³-hybridized carbons (Fsp3) is 0.300. The Kier molecular flexibility index (Phi) is 11.0. The van der Waals surface area contributed by atoms with Gasteiger partial charge in [0.1, 0.15) is 17.4 Å². The summed E-state index contributed by atoms with van der Waals surface area (Å²) in [6.45, 7) is 3.17. The van der Waals surface area contributed by atoms with E-state index in [9.17, 15) is 13.6 Å². The predicted octanol–water partition coefficient (Wildman–Crippen LogP) is 2.74. The van der Waals surface area contributed by atoms with E-state index in [0.717, 1.165) is 17.7 Å². The lowest BCUT2D eigenvalue weighted by Crippen LogP contribution is -2.38. The first-order valence-corrected chi connectivity index (χ1v) is 8.94. The number of hydrogen-bond donors (Lipinski definition) is 3. The summed E-state index contributed by atoms with van der Waals surface area (Å²) in [4.78, 5) is 15.3. The number of carbonyl (C=O) groups excluding carboxylic acids is 1. The number of guanidine groups is 1.